The lowest BCUT2D eigenvalue weighted by molar-refractivity contribution is -0.152. The Balaban J connectivity index is 2.54. The van der Waals surface area contributed by atoms with Crippen molar-refractivity contribution in [3.05, 3.63) is 12.3 Å². The molecule has 0 amide bonds. The second-order valence-electron chi connectivity index (χ2n) is 2.88. The molecule has 0 aromatic heterocycles. The molecule has 0 spiro atoms. The van der Waals surface area contributed by atoms with E-state index >= 15 is 0 Å². The number of hydrogen-bond acceptors (Lipinski definition) is 4. The van der Waals surface area contributed by atoms with E-state index < -0.39 is 0 Å². The van der Waals surface area contributed by atoms with E-state index in [2.05, 4.69) is 0 Å². The first-order valence-corrected chi connectivity index (χ1v) is 4.13. The highest BCUT2D eigenvalue weighted by molar-refractivity contribution is 5.66. The summed E-state index contributed by atoms with van der Waals surface area (Å²) in [5, 5.41) is 0. The van der Waals surface area contributed by atoms with Crippen LogP contribution in [0.25, 0.3) is 0 Å². The average molecular weight is 184 g/mol. The molecule has 0 saturated heterocycles. The molecule has 0 unspecified atom stereocenters. The molecular weight excluding hydrogens is 172 g/mol. The van der Waals surface area contributed by atoms with Crippen molar-refractivity contribution >= 4 is 12.3 Å². The highest BCUT2D eigenvalue weighted by Gasteiger charge is 2.24. The van der Waals surface area contributed by atoms with Crippen molar-refractivity contribution in [1.29, 1.82) is 0 Å². The molecule has 2 atom stereocenters. The van der Waals surface area contributed by atoms with Gasteiger partial charge in [-0.25, -0.2) is 0 Å². The number of ether oxygens (including phenoxy) is 2. The summed E-state index contributed by atoms with van der Waals surface area (Å²) in [5.74, 6) is -0.394. The molecule has 1 heterocycles. The maximum Gasteiger partial charge on any atom is 0.303 e. The number of aldehydes is 1. The minimum Gasteiger partial charge on any atom is -0.498 e. The molecule has 1 aliphatic rings. The molecule has 0 radical (unpaired) electrons. The topological polar surface area (TPSA) is 52.6 Å². The van der Waals surface area contributed by atoms with Gasteiger partial charge in [-0.05, 0) is 6.08 Å². The lowest BCUT2D eigenvalue weighted by Crippen LogP contribution is -2.31. The number of rotatable bonds is 3. The van der Waals surface area contributed by atoms with Crippen LogP contribution in [0.5, 0.6) is 0 Å². The van der Waals surface area contributed by atoms with Gasteiger partial charge >= 0.3 is 5.97 Å². The Morgan fingerprint density at radius 1 is 1.77 bits per heavy atom. The van der Waals surface area contributed by atoms with Crippen LogP contribution in [-0.4, -0.2) is 25.0 Å². The zero-order valence-electron chi connectivity index (χ0n) is 7.43. The van der Waals surface area contributed by atoms with Crippen LogP contribution < -0.4 is 0 Å². The maximum absolute atomic E-state index is 10.7. The molecule has 0 aromatic rings. The lowest BCUT2D eigenvalue weighted by atomic mass is 9.98. The van der Waals surface area contributed by atoms with E-state index in [4.69, 9.17) is 9.47 Å². The summed E-state index contributed by atoms with van der Waals surface area (Å²) in [5.41, 5.74) is 0. The first kappa shape index (κ1) is 9.77. The van der Waals surface area contributed by atoms with Gasteiger partial charge in [0.2, 0.25) is 0 Å². The van der Waals surface area contributed by atoms with Crippen LogP contribution in [0, 0.1) is 5.92 Å². The number of carbonyl (C=O) groups is 2. The van der Waals surface area contributed by atoms with Gasteiger partial charge in [0.1, 0.15) is 19.0 Å². The van der Waals surface area contributed by atoms with Gasteiger partial charge in [0, 0.05) is 19.3 Å². The summed E-state index contributed by atoms with van der Waals surface area (Å²) in [6.07, 6.45) is 4.13. The van der Waals surface area contributed by atoms with Gasteiger partial charge in [-0.2, -0.15) is 0 Å². The fourth-order valence-corrected chi connectivity index (χ4v) is 1.23. The SMILES string of the molecule is CC(=O)O[C@H]1COC=C[C@@H]1CC=O. The van der Waals surface area contributed by atoms with E-state index in [1.54, 1.807) is 6.08 Å². The molecule has 0 bridgehead atoms. The van der Waals surface area contributed by atoms with Gasteiger partial charge in [0.15, 0.2) is 0 Å². The average Bonchev–Trinajstić information content (AvgIpc) is 2.08. The molecule has 13 heavy (non-hydrogen) atoms. The predicted molar refractivity (Wildman–Crippen MR) is 44.8 cm³/mol. The van der Waals surface area contributed by atoms with E-state index in [1.807, 2.05) is 0 Å². The van der Waals surface area contributed by atoms with Crippen LogP contribution in [0.3, 0.4) is 0 Å². The number of esters is 1. The van der Waals surface area contributed by atoms with Crippen LogP contribution >= 0.6 is 0 Å². The Morgan fingerprint density at radius 2 is 2.54 bits per heavy atom. The highest BCUT2D eigenvalue weighted by Crippen LogP contribution is 2.18. The lowest BCUT2D eigenvalue weighted by Gasteiger charge is -2.25. The summed E-state index contributed by atoms with van der Waals surface area (Å²) in [6, 6.07) is 0. The largest absolute Gasteiger partial charge is 0.498 e. The van der Waals surface area contributed by atoms with Crippen molar-refractivity contribution in [2.75, 3.05) is 6.61 Å². The normalized spacial score (nSPS) is 26.2. The van der Waals surface area contributed by atoms with E-state index in [-0.39, 0.29) is 18.0 Å². The third-order valence-electron chi connectivity index (χ3n) is 1.85. The predicted octanol–water partition coefficient (Wildman–Crippen LogP) is 0.667. The quantitative estimate of drug-likeness (QED) is 0.477. The van der Waals surface area contributed by atoms with Crippen LogP contribution in [-0.2, 0) is 19.1 Å². The summed E-state index contributed by atoms with van der Waals surface area (Å²) in [4.78, 5) is 21.0. The number of hydrogen-bond donors (Lipinski definition) is 0. The first-order valence-electron chi connectivity index (χ1n) is 4.13. The fourth-order valence-electron chi connectivity index (χ4n) is 1.23. The molecular formula is C9H12O4. The maximum atomic E-state index is 10.7. The third kappa shape index (κ3) is 2.89. The van der Waals surface area contributed by atoms with Gasteiger partial charge in [0.05, 0.1) is 6.26 Å². The van der Waals surface area contributed by atoms with Gasteiger partial charge in [-0.1, -0.05) is 0 Å². The van der Waals surface area contributed by atoms with E-state index in [0.29, 0.717) is 13.0 Å². The number of carbonyl (C=O) groups excluding carboxylic acids is 2. The van der Waals surface area contributed by atoms with Gasteiger partial charge in [-0.15, -0.1) is 0 Å². The summed E-state index contributed by atoms with van der Waals surface area (Å²) >= 11 is 0. The van der Waals surface area contributed by atoms with E-state index in [0.717, 1.165) is 6.29 Å². The van der Waals surface area contributed by atoms with Crippen LogP contribution in [0.2, 0.25) is 0 Å². The zero-order chi connectivity index (χ0) is 9.68. The van der Waals surface area contributed by atoms with Crippen LogP contribution in [0.1, 0.15) is 13.3 Å². The Labute approximate surface area is 76.5 Å². The van der Waals surface area contributed by atoms with Gasteiger partial charge < -0.3 is 14.3 Å². The zero-order valence-corrected chi connectivity index (χ0v) is 7.43. The van der Waals surface area contributed by atoms with E-state index in [1.165, 1.54) is 13.2 Å². The van der Waals surface area contributed by atoms with Crippen molar-refractivity contribution in [2.45, 2.75) is 19.4 Å². The molecule has 0 aliphatic carbocycles. The Hall–Kier alpha value is -1.32. The fraction of sp³-hybridized carbons (Fsp3) is 0.556. The summed E-state index contributed by atoms with van der Waals surface area (Å²) in [6.45, 7) is 1.67. The smallest absolute Gasteiger partial charge is 0.303 e. The summed E-state index contributed by atoms with van der Waals surface area (Å²) in [7, 11) is 0. The highest BCUT2D eigenvalue weighted by atomic mass is 16.6. The molecule has 0 aromatic carbocycles. The minimum atomic E-state index is -0.347. The second-order valence-corrected chi connectivity index (χ2v) is 2.88. The molecule has 4 nitrogen and oxygen atoms in total. The van der Waals surface area contributed by atoms with Crippen molar-refractivity contribution in [3.8, 4) is 0 Å². The molecule has 0 fully saturated rings. The van der Waals surface area contributed by atoms with E-state index in [9.17, 15) is 9.59 Å². The van der Waals surface area contributed by atoms with Crippen molar-refractivity contribution in [1.82, 2.24) is 0 Å². The Bertz CT molecular complexity index is 222. The Morgan fingerprint density at radius 3 is 3.15 bits per heavy atom. The molecule has 1 aliphatic heterocycles. The van der Waals surface area contributed by atoms with Crippen molar-refractivity contribution in [2.24, 2.45) is 5.92 Å². The molecule has 72 valence electrons. The van der Waals surface area contributed by atoms with Crippen LogP contribution in [0.15, 0.2) is 12.3 Å². The van der Waals surface area contributed by atoms with Gasteiger partial charge in [-0.3, -0.25) is 4.79 Å². The molecule has 4 heteroatoms. The van der Waals surface area contributed by atoms with Gasteiger partial charge in [0.25, 0.3) is 0 Å². The molecule has 1 rings (SSSR count). The third-order valence-corrected chi connectivity index (χ3v) is 1.85. The Kier molecular flexibility index (Phi) is 3.49. The molecule has 0 saturated carbocycles. The standard InChI is InChI=1S/C9H12O4/c1-7(11)13-9-6-12-5-3-8(9)2-4-10/h3-5,8-9H,2,6H2,1H3/t8-,9-/m0/s1. The molecule has 0 N–H and O–H groups in total. The van der Waals surface area contributed by atoms with Crippen molar-refractivity contribution < 1.29 is 19.1 Å². The van der Waals surface area contributed by atoms with Crippen LogP contribution in [0.4, 0.5) is 0 Å². The summed E-state index contributed by atoms with van der Waals surface area (Å²) < 4.78 is 9.97. The van der Waals surface area contributed by atoms with Crippen molar-refractivity contribution in [3.63, 3.8) is 0 Å². The monoisotopic (exact) mass is 184 g/mol. The first-order chi connectivity index (χ1) is 6.24. The minimum absolute atomic E-state index is 0.0462. The second kappa shape index (κ2) is 4.64.